The third-order valence-electron chi connectivity index (χ3n) is 7.55. The van der Waals surface area contributed by atoms with E-state index in [9.17, 15) is 4.79 Å². The Morgan fingerprint density at radius 3 is 2.12 bits per heavy atom. The van der Waals surface area contributed by atoms with Crippen LogP contribution in [-0.4, -0.2) is 34.7 Å². The number of anilines is 1. The molecule has 3 unspecified atom stereocenters. The molecule has 4 nitrogen and oxygen atoms in total. The molecule has 176 valence electrons. The van der Waals surface area contributed by atoms with Gasteiger partial charge in [0.25, 0.3) is 0 Å². The fraction of sp³-hybridized carbons (Fsp3) is 0.367. The van der Waals surface area contributed by atoms with Gasteiger partial charge in [-0.3, -0.25) is 4.79 Å². The van der Waals surface area contributed by atoms with Gasteiger partial charge in [0, 0.05) is 12.1 Å². The Hall–Kier alpha value is -2.95. The molecule has 0 saturated carbocycles. The number of carbonyl (C=O) groups excluding carboxylic acids is 1. The van der Waals surface area contributed by atoms with Crippen LogP contribution in [0.3, 0.4) is 0 Å². The van der Waals surface area contributed by atoms with E-state index in [1.807, 2.05) is 19.2 Å². The minimum atomic E-state index is -0.820. The zero-order valence-electron chi connectivity index (χ0n) is 21.0. The number of carbonyl (C=O) groups is 1. The molecule has 1 saturated heterocycles. The van der Waals surface area contributed by atoms with E-state index in [0.717, 1.165) is 16.8 Å². The van der Waals surface area contributed by atoms with E-state index in [2.05, 4.69) is 111 Å². The summed E-state index contributed by atoms with van der Waals surface area (Å²) in [5.74, 6) is -0.596. The Balaban J connectivity index is 1.76. The van der Waals surface area contributed by atoms with Gasteiger partial charge in [-0.25, -0.2) is 4.90 Å². The molecule has 34 heavy (non-hydrogen) atoms. The Labute approximate surface area is 203 Å². The number of fused-ring (bicyclic) bond motifs is 3. The van der Waals surface area contributed by atoms with Gasteiger partial charge in [-0.05, 0) is 82.1 Å². The monoisotopic (exact) mass is 454 g/mol. The first kappa shape index (κ1) is 22.8. The van der Waals surface area contributed by atoms with Crippen LogP contribution in [-0.2, 0) is 16.0 Å². The number of para-hydroxylation sites is 1. The van der Waals surface area contributed by atoms with Crippen LogP contribution < -0.4 is 4.90 Å². The minimum absolute atomic E-state index is 0.188. The average molecular weight is 455 g/mol. The molecule has 0 amide bonds. The molecular formula is C30H34N2O2. The number of Topliss-reactive ketones (excluding diaryl/α,β-unsaturated/α-hetero) is 1. The van der Waals surface area contributed by atoms with Crippen LogP contribution in [0.15, 0.2) is 78.9 Å². The standard InChI is InChI=1S/C30H34N2O2/c1-28(2,3)34-30(5)31(6)29(4)26(33)20-23-18-17-22(21-13-9-7-10-14-21)19-25(23)27(29)32(30)24-15-11-8-12-16-24/h7-19,27H,20H2,1-6H3. The average Bonchev–Trinajstić information content (AvgIpc) is 2.98. The number of hydrogen-bond acceptors (Lipinski definition) is 4. The summed E-state index contributed by atoms with van der Waals surface area (Å²) >= 11 is 0. The highest BCUT2D eigenvalue weighted by molar-refractivity contribution is 5.95. The van der Waals surface area contributed by atoms with Crippen molar-refractivity contribution in [2.24, 2.45) is 0 Å². The molecule has 1 aliphatic heterocycles. The van der Waals surface area contributed by atoms with Crippen LogP contribution in [0.1, 0.15) is 51.8 Å². The quantitative estimate of drug-likeness (QED) is 0.470. The molecule has 0 spiro atoms. The zero-order valence-corrected chi connectivity index (χ0v) is 21.0. The van der Waals surface area contributed by atoms with Crippen LogP contribution in [0.2, 0.25) is 0 Å². The zero-order chi connectivity index (χ0) is 24.3. The molecule has 0 N–H and O–H groups in total. The summed E-state index contributed by atoms with van der Waals surface area (Å²) in [6, 6.07) is 27.2. The third kappa shape index (κ3) is 3.40. The molecule has 0 bridgehead atoms. The molecule has 3 aromatic rings. The number of likely N-dealkylation sites (N-methyl/N-ethyl adjacent to an activating group) is 1. The van der Waals surface area contributed by atoms with Crippen molar-refractivity contribution in [3.8, 4) is 11.1 Å². The smallest absolute Gasteiger partial charge is 0.199 e. The van der Waals surface area contributed by atoms with Crippen molar-refractivity contribution < 1.29 is 9.53 Å². The molecule has 1 heterocycles. The largest absolute Gasteiger partial charge is 0.337 e. The third-order valence-corrected chi connectivity index (χ3v) is 7.55. The maximum absolute atomic E-state index is 13.8. The minimum Gasteiger partial charge on any atom is -0.337 e. The molecule has 5 rings (SSSR count). The van der Waals surface area contributed by atoms with Crippen LogP contribution in [0.4, 0.5) is 5.69 Å². The van der Waals surface area contributed by atoms with Gasteiger partial charge in [0.2, 0.25) is 0 Å². The topological polar surface area (TPSA) is 32.8 Å². The predicted octanol–water partition coefficient (Wildman–Crippen LogP) is 6.22. The second-order valence-electron chi connectivity index (χ2n) is 10.8. The Morgan fingerprint density at radius 1 is 0.882 bits per heavy atom. The molecule has 0 radical (unpaired) electrons. The van der Waals surface area contributed by atoms with Gasteiger partial charge in [-0.15, -0.1) is 0 Å². The highest BCUT2D eigenvalue weighted by Crippen LogP contribution is 2.56. The molecular weight excluding hydrogens is 420 g/mol. The maximum atomic E-state index is 13.8. The van der Waals surface area contributed by atoms with E-state index in [-0.39, 0.29) is 11.8 Å². The van der Waals surface area contributed by atoms with Gasteiger partial charge in [0.1, 0.15) is 5.54 Å². The number of ketones is 1. The number of hydrogen-bond donors (Lipinski definition) is 0. The Bertz CT molecular complexity index is 1220. The second kappa shape index (κ2) is 7.79. The summed E-state index contributed by atoms with van der Waals surface area (Å²) in [6.07, 6.45) is 0.427. The lowest BCUT2D eigenvalue weighted by atomic mass is 9.73. The fourth-order valence-electron chi connectivity index (χ4n) is 5.90. The molecule has 3 atom stereocenters. The normalized spacial score (nSPS) is 26.9. The van der Waals surface area contributed by atoms with Gasteiger partial charge in [0.05, 0.1) is 11.6 Å². The summed E-state index contributed by atoms with van der Waals surface area (Å²) in [7, 11) is 2.03. The van der Waals surface area contributed by atoms with Crippen LogP contribution in [0.25, 0.3) is 11.1 Å². The number of ether oxygens (including phenoxy) is 1. The summed E-state index contributed by atoms with van der Waals surface area (Å²) in [5.41, 5.74) is 4.53. The van der Waals surface area contributed by atoms with E-state index in [1.165, 1.54) is 11.1 Å². The summed E-state index contributed by atoms with van der Waals surface area (Å²) in [5, 5.41) is 0. The van der Waals surface area contributed by atoms with Crippen LogP contribution in [0, 0.1) is 0 Å². The summed E-state index contributed by atoms with van der Waals surface area (Å²) < 4.78 is 6.80. The highest BCUT2D eigenvalue weighted by atomic mass is 16.6. The summed E-state index contributed by atoms with van der Waals surface area (Å²) in [6.45, 7) is 10.4. The van der Waals surface area contributed by atoms with Crippen molar-refractivity contribution in [2.45, 2.75) is 64.1 Å². The molecule has 2 aliphatic rings. The molecule has 4 heteroatoms. The van der Waals surface area contributed by atoms with E-state index in [1.54, 1.807) is 0 Å². The first-order valence-corrected chi connectivity index (χ1v) is 12.1. The van der Waals surface area contributed by atoms with E-state index >= 15 is 0 Å². The van der Waals surface area contributed by atoms with Gasteiger partial charge >= 0.3 is 0 Å². The first-order chi connectivity index (χ1) is 16.1. The molecule has 1 fully saturated rings. The Kier molecular flexibility index (Phi) is 5.23. The molecule has 3 aromatic carbocycles. The van der Waals surface area contributed by atoms with Crippen molar-refractivity contribution in [3.63, 3.8) is 0 Å². The lowest BCUT2D eigenvalue weighted by Gasteiger charge is -2.45. The second-order valence-corrected chi connectivity index (χ2v) is 10.8. The number of rotatable bonds is 3. The van der Waals surface area contributed by atoms with Crippen LogP contribution in [0.5, 0.6) is 0 Å². The van der Waals surface area contributed by atoms with Gasteiger partial charge in [-0.2, -0.15) is 0 Å². The van der Waals surface area contributed by atoms with E-state index in [0.29, 0.717) is 6.42 Å². The number of benzene rings is 3. The van der Waals surface area contributed by atoms with Crippen LogP contribution >= 0.6 is 0 Å². The van der Waals surface area contributed by atoms with Gasteiger partial charge < -0.3 is 9.64 Å². The summed E-state index contributed by atoms with van der Waals surface area (Å²) in [4.78, 5) is 18.3. The predicted molar refractivity (Wildman–Crippen MR) is 138 cm³/mol. The molecule has 0 aromatic heterocycles. The number of nitrogens with zero attached hydrogens (tertiary/aromatic N) is 2. The maximum Gasteiger partial charge on any atom is 0.199 e. The highest BCUT2D eigenvalue weighted by Gasteiger charge is 2.66. The molecule has 1 aliphatic carbocycles. The van der Waals surface area contributed by atoms with Crippen molar-refractivity contribution in [1.29, 1.82) is 0 Å². The van der Waals surface area contributed by atoms with Gasteiger partial charge in [0.15, 0.2) is 11.6 Å². The Morgan fingerprint density at radius 2 is 1.50 bits per heavy atom. The van der Waals surface area contributed by atoms with Crippen molar-refractivity contribution in [2.75, 3.05) is 11.9 Å². The lowest BCUT2D eigenvalue weighted by Crippen LogP contribution is -2.59. The van der Waals surface area contributed by atoms with E-state index in [4.69, 9.17) is 4.74 Å². The van der Waals surface area contributed by atoms with Crippen molar-refractivity contribution in [3.05, 3.63) is 90.0 Å². The van der Waals surface area contributed by atoms with Crippen molar-refractivity contribution in [1.82, 2.24) is 4.90 Å². The fourth-order valence-corrected chi connectivity index (χ4v) is 5.90. The lowest BCUT2D eigenvalue weighted by molar-refractivity contribution is -0.194. The SMILES string of the molecule is CN1C2(C)C(=O)Cc3ccc(-c4ccccc4)cc3C2N(c2ccccc2)C1(C)OC(C)(C)C. The van der Waals surface area contributed by atoms with Gasteiger partial charge in [-0.1, -0.05) is 60.7 Å². The van der Waals surface area contributed by atoms with E-state index < -0.39 is 17.0 Å². The first-order valence-electron chi connectivity index (χ1n) is 12.1. The van der Waals surface area contributed by atoms with Crippen molar-refractivity contribution >= 4 is 11.5 Å².